The van der Waals surface area contributed by atoms with Crippen LogP contribution >= 0.6 is 22.9 Å². The number of hydrogen-bond acceptors (Lipinski definition) is 5. The Morgan fingerprint density at radius 1 is 1.12 bits per heavy atom. The molecule has 0 aliphatic heterocycles. The molecule has 8 heteroatoms. The molecule has 0 aliphatic rings. The van der Waals surface area contributed by atoms with Crippen LogP contribution in [0.2, 0.25) is 23.2 Å². The number of nitrogens with one attached hydrogen (secondary N) is 1. The molecular formula is C25H31ClN4OSSi. The van der Waals surface area contributed by atoms with Crippen molar-refractivity contribution in [1.29, 1.82) is 0 Å². The molecule has 0 bridgehead atoms. The van der Waals surface area contributed by atoms with E-state index in [1.54, 1.807) is 17.4 Å². The van der Waals surface area contributed by atoms with E-state index in [2.05, 4.69) is 61.1 Å². The number of rotatable bonds is 7. The van der Waals surface area contributed by atoms with E-state index in [1.165, 1.54) is 0 Å². The van der Waals surface area contributed by atoms with Gasteiger partial charge in [-0.1, -0.05) is 80.1 Å². The highest BCUT2D eigenvalue weighted by Gasteiger charge is 2.40. The molecule has 3 aromatic rings. The van der Waals surface area contributed by atoms with Gasteiger partial charge >= 0.3 is 0 Å². The zero-order valence-electron chi connectivity index (χ0n) is 20.2. The minimum atomic E-state index is -2.03. The Morgan fingerprint density at radius 2 is 1.79 bits per heavy atom. The molecule has 0 aliphatic carbocycles. The molecule has 3 rings (SSSR count). The van der Waals surface area contributed by atoms with E-state index in [1.807, 2.05) is 43.3 Å². The maximum atomic E-state index is 7.33. The summed E-state index contributed by atoms with van der Waals surface area (Å²) in [4.78, 5) is 3.51. The molecule has 0 fully saturated rings. The van der Waals surface area contributed by atoms with E-state index >= 15 is 0 Å². The van der Waals surface area contributed by atoms with Gasteiger partial charge in [0.1, 0.15) is 16.1 Å². The molecule has 0 amide bonds. The van der Waals surface area contributed by atoms with Gasteiger partial charge in [0.15, 0.2) is 8.32 Å². The highest BCUT2D eigenvalue weighted by atomic mass is 35.5. The van der Waals surface area contributed by atoms with Crippen molar-refractivity contribution in [2.24, 2.45) is 0 Å². The number of anilines is 1. The van der Waals surface area contributed by atoms with Crippen LogP contribution in [-0.4, -0.2) is 24.6 Å². The van der Waals surface area contributed by atoms with E-state index in [0.29, 0.717) is 10.7 Å². The summed E-state index contributed by atoms with van der Waals surface area (Å²) in [7, 11) is -2.03. The normalized spacial score (nSPS) is 13.9. The van der Waals surface area contributed by atoms with Crippen molar-refractivity contribution < 1.29 is 4.43 Å². The standard InChI is InChI=1S/C25H31ClN4OSSi/c1-16-19(14-15-20(27-6)21(16)26)28-22(17(2)31-33(7,8)25(3,4)5)24-30-29-23(32-24)18-12-10-9-11-13-18/h9-15,17,22,28H,1-5,7-8H3/t17-,22-/m1/s1. The monoisotopic (exact) mass is 498 g/mol. The smallest absolute Gasteiger partial charge is 0.205 e. The molecule has 0 saturated heterocycles. The van der Waals surface area contributed by atoms with Gasteiger partial charge in [0.2, 0.25) is 5.69 Å². The topological polar surface area (TPSA) is 51.4 Å². The molecular weight excluding hydrogens is 468 g/mol. The van der Waals surface area contributed by atoms with E-state index in [0.717, 1.165) is 26.8 Å². The Labute approximate surface area is 207 Å². The van der Waals surface area contributed by atoms with Gasteiger partial charge in [-0.2, -0.15) is 0 Å². The van der Waals surface area contributed by atoms with Crippen LogP contribution in [0.15, 0.2) is 42.5 Å². The van der Waals surface area contributed by atoms with Crippen LogP contribution in [0.5, 0.6) is 0 Å². The highest BCUT2D eigenvalue weighted by molar-refractivity contribution is 7.14. The largest absolute Gasteiger partial charge is 0.412 e. The van der Waals surface area contributed by atoms with Crippen LogP contribution in [0.3, 0.4) is 0 Å². The number of benzene rings is 2. The van der Waals surface area contributed by atoms with Crippen LogP contribution in [0.1, 0.15) is 44.3 Å². The van der Waals surface area contributed by atoms with Crippen molar-refractivity contribution in [3.05, 3.63) is 69.5 Å². The molecule has 33 heavy (non-hydrogen) atoms. The van der Waals surface area contributed by atoms with Crippen LogP contribution in [0.25, 0.3) is 15.4 Å². The zero-order chi connectivity index (χ0) is 24.4. The average Bonchev–Trinajstić information content (AvgIpc) is 3.24. The van der Waals surface area contributed by atoms with E-state index < -0.39 is 8.32 Å². The van der Waals surface area contributed by atoms with Crippen LogP contribution in [0.4, 0.5) is 11.4 Å². The zero-order valence-corrected chi connectivity index (χ0v) is 22.8. The van der Waals surface area contributed by atoms with Crippen LogP contribution in [0, 0.1) is 13.5 Å². The number of nitrogens with zero attached hydrogens (tertiary/aromatic N) is 3. The predicted molar refractivity (Wildman–Crippen MR) is 142 cm³/mol. The number of aromatic nitrogens is 2. The summed E-state index contributed by atoms with van der Waals surface area (Å²) in [6.45, 7) is 22.6. The first-order valence-electron chi connectivity index (χ1n) is 10.9. The summed E-state index contributed by atoms with van der Waals surface area (Å²) in [5.41, 5.74) is 3.18. The lowest BCUT2D eigenvalue weighted by Gasteiger charge is -2.40. The Kier molecular flexibility index (Phi) is 7.64. The molecule has 0 unspecified atom stereocenters. The van der Waals surface area contributed by atoms with E-state index in [9.17, 15) is 0 Å². The van der Waals surface area contributed by atoms with Gasteiger partial charge in [-0.25, -0.2) is 4.85 Å². The van der Waals surface area contributed by atoms with Gasteiger partial charge in [0, 0.05) is 11.3 Å². The van der Waals surface area contributed by atoms with Gasteiger partial charge in [-0.3, -0.25) is 0 Å². The fourth-order valence-corrected chi connectivity index (χ4v) is 5.85. The van der Waals surface area contributed by atoms with Crippen molar-refractivity contribution in [2.45, 2.75) is 64.9 Å². The minimum Gasteiger partial charge on any atom is -0.412 e. The van der Waals surface area contributed by atoms with E-state index in [-0.39, 0.29) is 17.2 Å². The van der Waals surface area contributed by atoms with Crippen molar-refractivity contribution in [1.82, 2.24) is 10.2 Å². The summed E-state index contributed by atoms with van der Waals surface area (Å²) in [5, 5.41) is 14.9. The molecule has 0 saturated carbocycles. The Bertz CT molecular complexity index is 1150. The number of halogens is 1. The third kappa shape index (κ3) is 5.64. The lowest BCUT2D eigenvalue weighted by molar-refractivity contribution is 0.177. The highest BCUT2D eigenvalue weighted by Crippen LogP contribution is 2.41. The Morgan fingerprint density at radius 3 is 2.39 bits per heavy atom. The Balaban J connectivity index is 2.00. The summed E-state index contributed by atoms with van der Waals surface area (Å²) >= 11 is 8.02. The molecule has 0 radical (unpaired) electrons. The molecule has 5 nitrogen and oxygen atoms in total. The second-order valence-corrected chi connectivity index (χ2v) is 15.8. The summed E-state index contributed by atoms with van der Waals surface area (Å²) in [5.74, 6) is 0. The van der Waals surface area contributed by atoms with Gasteiger partial charge in [-0.05, 0) is 43.6 Å². The average molecular weight is 499 g/mol. The maximum Gasteiger partial charge on any atom is 0.205 e. The molecule has 2 aromatic carbocycles. The van der Waals surface area contributed by atoms with Crippen molar-refractivity contribution in [3.8, 4) is 10.6 Å². The van der Waals surface area contributed by atoms with Gasteiger partial charge in [-0.15, -0.1) is 10.2 Å². The predicted octanol–water partition coefficient (Wildman–Crippen LogP) is 8.28. The quantitative estimate of drug-likeness (QED) is 0.263. The second kappa shape index (κ2) is 9.94. The van der Waals surface area contributed by atoms with Crippen molar-refractivity contribution >= 4 is 42.6 Å². The second-order valence-electron chi connectivity index (χ2n) is 9.70. The van der Waals surface area contributed by atoms with Crippen molar-refractivity contribution in [2.75, 3.05) is 5.32 Å². The lowest BCUT2D eigenvalue weighted by atomic mass is 10.1. The first-order valence-corrected chi connectivity index (χ1v) is 15.0. The molecule has 1 heterocycles. The number of hydrogen-bond donors (Lipinski definition) is 1. The third-order valence-corrected chi connectivity index (χ3v) is 12.4. The maximum absolute atomic E-state index is 7.33. The van der Waals surface area contributed by atoms with E-state index in [4.69, 9.17) is 22.6 Å². The molecule has 2 atom stereocenters. The summed E-state index contributed by atoms with van der Waals surface area (Å²) in [6, 6.07) is 13.5. The molecule has 1 N–H and O–H groups in total. The SMILES string of the molecule is [C-]#[N+]c1ccc(N[C@@H](c2nnc(-c3ccccc3)s2)[C@@H](C)O[Si](C)(C)C(C)(C)C)c(C)c1Cl. The first-order chi connectivity index (χ1) is 15.4. The molecule has 0 spiro atoms. The van der Waals surface area contributed by atoms with Gasteiger partial charge < -0.3 is 9.74 Å². The fraction of sp³-hybridized carbons (Fsp3) is 0.400. The minimum absolute atomic E-state index is 0.0820. The van der Waals surface area contributed by atoms with Gasteiger partial charge in [0.05, 0.1) is 17.7 Å². The fourth-order valence-electron chi connectivity index (χ4n) is 3.23. The first kappa shape index (κ1) is 25.4. The van der Waals surface area contributed by atoms with Crippen LogP contribution in [-0.2, 0) is 4.43 Å². The third-order valence-electron chi connectivity index (χ3n) is 6.28. The Hall–Kier alpha value is -2.24. The summed E-state index contributed by atoms with van der Waals surface area (Å²) in [6.07, 6.45) is -0.152. The van der Waals surface area contributed by atoms with Crippen LogP contribution < -0.4 is 5.32 Å². The lowest BCUT2D eigenvalue weighted by Crippen LogP contribution is -2.45. The molecule has 174 valence electrons. The summed E-state index contributed by atoms with van der Waals surface area (Å²) < 4.78 is 6.75. The van der Waals surface area contributed by atoms with Crippen molar-refractivity contribution in [3.63, 3.8) is 0 Å². The van der Waals surface area contributed by atoms with Gasteiger partial charge in [0.25, 0.3) is 0 Å². The molecule has 1 aromatic heterocycles.